The normalized spacial score (nSPS) is 27.3. The molecule has 2 aromatic rings. The number of aromatic nitrogens is 2. The molecule has 39 heavy (non-hydrogen) atoms. The fourth-order valence-corrected chi connectivity index (χ4v) is 7.25. The summed E-state index contributed by atoms with van der Waals surface area (Å²) in [4.78, 5) is 8.69. The summed E-state index contributed by atoms with van der Waals surface area (Å²) < 4.78 is 42.4. The van der Waals surface area contributed by atoms with E-state index in [0.717, 1.165) is 44.7 Å². The van der Waals surface area contributed by atoms with Crippen LogP contribution < -0.4 is 20.7 Å². The monoisotopic (exact) mass is 544 g/mol. The molecule has 0 spiro atoms. The van der Waals surface area contributed by atoms with E-state index in [9.17, 15) is 18.4 Å². The van der Waals surface area contributed by atoms with E-state index in [2.05, 4.69) is 36.7 Å². The van der Waals surface area contributed by atoms with Crippen LogP contribution >= 0.6 is 0 Å². The van der Waals surface area contributed by atoms with Crippen molar-refractivity contribution in [1.29, 1.82) is 5.26 Å². The molecule has 4 aliphatic rings. The average molecular weight is 545 g/mol. The van der Waals surface area contributed by atoms with Crippen LogP contribution in [0.2, 0.25) is 0 Å². The third-order valence-corrected chi connectivity index (χ3v) is 8.54. The highest BCUT2D eigenvalue weighted by Crippen LogP contribution is 2.60. The quantitative estimate of drug-likeness (QED) is 0.281. The predicted octanol–water partition coefficient (Wildman–Crippen LogP) is 4.83. The number of rotatable bonds is 12. The van der Waals surface area contributed by atoms with E-state index in [4.69, 9.17) is 5.11 Å². The van der Waals surface area contributed by atoms with Gasteiger partial charge in [0.1, 0.15) is 23.2 Å². The maximum atomic E-state index is 12.8. The Balaban J connectivity index is 1.22. The topological polar surface area (TPSA) is 115 Å². The number of hydrogen-bond acceptors (Lipinski definition) is 8. The summed E-state index contributed by atoms with van der Waals surface area (Å²) in [5.74, 6) is 2.39. The largest absolute Gasteiger partial charge is 0.573 e. The van der Waals surface area contributed by atoms with Crippen molar-refractivity contribution in [1.82, 2.24) is 15.3 Å². The lowest BCUT2D eigenvalue weighted by atomic mass is 9.48. The summed E-state index contributed by atoms with van der Waals surface area (Å²) in [5.41, 5.74) is 0.804. The number of aliphatic hydroxyl groups excluding tert-OH is 1. The Kier molecular flexibility index (Phi) is 8.14. The minimum absolute atomic E-state index is 0.0270. The number of ether oxygens (including phenoxy) is 1. The zero-order chi connectivity index (χ0) is 27.5. The van der Waals surface area contributed by atoms with E-state index in [-0.39, 0.29) is 30.3 Å². The van der Waals surface area contributed by atoms with Crippen LogP contribution in [-0.4, -0.2) is 47.2 Å². The standard InChI is InChI=1S/C28H35F3N6O2/c29-28(30,31)39-23-6-2-1-5-19(23)15-34-26-35-16-22(14-32)25(37-26)36-17-27-11-18-9-20(12-27)24(21(10-18)13-27)33-7-3-4-8-38/h1-2,5-6,16,18,20-21,24,33,38H,3-4,7-13,15,17H2,(H2,34,35,36,37)/t18?,20-,21+,24?,27?. The Morgan fingerprint density at radius 2 is 1.87 bits per heavy atom. The van der Waals surface area contributed by atoms with Gasteiger partial charge in [0.25, 0.3) is 0 Å². The molecule has 4 N–H and O–H groups in total. The van der Waals surface area contributed by atoms with Gasteiger partial charge in [-0.25, -0.2) is 4.98 Å². The highest BCUT2D eigenvalue weighted by Gasteiger charge is 2.55. The Labute approximate surface area is 226 Å². The van der Waals surface area contributed by atoms with Gasteiger partial charge in [-0.15, -0.1) is 13.2 Å². The van der Waals surface area contributed by atoms with Crippen molar-refractivity contribution in [3.63, 3.8) is 0 Å². The Morgan fingerprint density at radius 3 is 2.59 bits per heavy atom. The lowest BCUT2D eigenvalue weighted by Crippen LogP contribution is -2.59. The molecular weight excluding hydrogens is 509 g/mol. The summed E-state index contributed by atoms with van der Waals surface area (Å²) in [6.07, 6.45) is 4.45. The molecule has 4 aliphatic carbocycles. The summed E-state index contributed by atoms with van der Waals surface area (Å²) in [7, 11) is 0. The van der Waals surface area contributed by atoms with Crippen molar-refractivity contribution in [2.45, 2.75) is 63.9 Å². The molecule has 4 saturated carbocycles. The number of alkyl halides is 3. The van der Waals surface area contributed by atoms with Gasteiger partial charge in [-0.1, -0.05) is 18.2 Å². The number of nitrogens with one attached hydrogen (secondary N) is 3. The number of unbranched alkanes of at least 4 members (excludes halogenated alkanes) is 1. The maximum absolute atomic E-state index is 12.8. The minimum atomic E-state index is -4.79. The van der Waals surface area contributed by atoms with Gasteiger partial charge in [0, 0.05) is 31.3 Å². The first-order valence-electron chi connectivity index (χ1n) is 13.7. The number of nitrogens with zero attached hydrogens (tertiary/aromatic N) is 3. The highest BCUT2D eigenvalue weighted by atomic mass is 19.4. The van der Waals surface area contributed by atoms with Gasteiger partial charge >= 0.3 is 6.36 Å². The molecule has 210 valence electrons. The summed E-state index contributed by atoms with van der Waals surface area (Å²) in [6, 6.07) is 8.60. The van der Waals surface area contributed by atoms with Crippen molar-refractivity contribution in [3.05, 3.63) is 41.6 Å². The number of hydrogen-bond donors (Lipinski definition) is 4. The number of benzene rings is 1. The molecule has 1 heterocycles. The second kappa shape index (κ2) is 11.6. The first-order valence-corrected chi connectivity index (χ1v) is 13.7. The maximum Gasteiger partial charge on any atom is 0.573 e. The van der Waals surface area contributed by atoms with Crippen LogP contribution in [-0.2, 0) is 6.54 Å². The lowest BCUT2D eigenvalue weighted by molar-refractivity contribution is -0.274. The number of aliphatic hydroxyl groups is 1. The molecule has 0 radical (unpaired) electrons. The van der Waals surface area contributed by atoms with Crippen molar-refractivity contribution in [2.75, 3.05) is 30.3 Å². The van der Waals surface area contributed by atoms with E-state index >= 15 is 0 Å². The average Bonchev–Trinajstić information content (AvgIpc) is 2.89. The van der Waals surface area contributed by atoms with Gasteiger partial charge in [-0.05, 0) is 80.7 Å². The van der Waals surface area contributed by atoms with Gasteiger partial charge in [-0.2, -0.15) is 10.2 Å². The van der Waals surface area contributed by atoms with Crippen LogP contribution in [0.15, 0.2) is 30.5 Å². The molecule has 11 heteroatoms. The summed E-state index contributed by atoms with van der Waals surface area (Å²) in [5, 5.41) is 28.9. The number of para-hydroxylation sites is 1. The van der Waals surface area contributed by atoms with Crippen molar-refractivity contribution in [2.24, 2.45) is 23.2 Å². The van der Waals surface area contributed by atoms with E-state index in [0.29, 0.717) is 34.8 Å². The van der Waals surface area contributed by atoms with Crippen LogP contribution in [0.5, 0.6) is 5.75 Å². The Morgan fingerprint density at radius 1 is 1.10 bits per heavy atom. The van der Waals surface area contributed by atoms with Crippen LogP contribution in [0, 0.1) is 34.5 Å². The molecule has 1 aromatic heterocycles. The molecular formula is C28H35F3N6O2. The first-order chi connectivity index (χ1) is 18.8. The Bertz CT molecular complexity index is 1170. The van der Waals surface area contributed by atoms with E-state index in [1.54, 1.807) is 12.1 Å². The molecule has 4 fully saturated rings. The smallest absolute Gasteiger partial charge is 0.405 e. The van der Waals surface area contributed by atoms with Crippen molar-refractivity contribution in [3.8, 4) is 11.8 Å². The van der Waals surface area contributed by atoms with Crippen LogP contribution in [0.25, 0.3) is 0 Å². The molecule has 5 atom stereocenters. The number of anilines is 2. The fourth-order valence-electron chi connectivity index (χ4n) is 7.25. The van der Waals surface area contributed by atoms with Gasteiger partial charge in [0.05, 0.1) is 6.20 Å². The number of nitriles is 1. The lowest BCUT2D eigenvalue weighted by Gasteiger charge is -2.60. The summed E-state index contributed by atoms with van der Waals surface area (Å²) >= 11 is 0. The zero-order valence-corrected chi connectivity index (χ0v) is 21.8. The van der Waals surface area contributed by atoms with Gasteiger partial charge in [0.15, 0.2) is 0 Å². The SMILES string of the molecule is N#Cc1cnc(NCc2ccccc2OC(F)(F)F)nc1NCC12CC3C[C@H](C1)C(NCCCCO)[C@@H](C3)C2. The van der Waals surface area contributed by atoms with E-state index < -0.39 is 6.36 Å². The van der Waals surface area contributed by atoms with E-state index in [1.807, 2.05) is 0 Å². The Hall–Kier alpha value is -3.10. The molecule has 3 unspecified atom stereocenters. The molecule has 4 bridgehead atoms. The van der Waals surface area contributed by atoms with Crippen LogP contribution in [0.3, 0.4) is 0 Å². The third kappa shape index (κ3) is 6.56. The summed E-state index contributed by atoms with van der Waals surface area (Å²) in [6.45, 7) is 1.93. The molecule has 1 aromatic carbocycles. The molecule has 6 rings (SSSR count). The fraction of sp³-hybridized carbons (Fsp3) is 0.607. The van der Waals surface area contributed by atoms with Crippen LogP contribution in [0.1, 0.15) is 56.1 Å². The minimum Gasteiger partial charge on any atom is -0.405 e. The molecule has 0 saturated heterocycles. The molecule has 8 nitrogen and oxygen atoms in total. The molecule has 0 amide bonds. The highest BCUT2D eigenvalue weighted by molar-refractivity contribution is 5.53. The number of halogens is 3. The van der Waals surface area contributed by atoms with Gasteiger partial charge in [-0.3, -0.25) is 0 Å². The third-order valence-electron chi connectivity index (χ3n) is 8.54. The predicted molar refractivity (Wildman–Crippen MR) is 140 cm³/mol. The van der Waals surface area contributed by atoms with E-state index in [1.165, 1.54) is 37.6 Å². The second-order valence-corrected chi connectivity index (χ2v) is 11.3. The molecule has 0 aliphatic heterocycles. The zero-order valence-electron chi connectivity index (χ0n) is 21.8. The van der Waals surface area contributed by atoms with Gasteiger partial charge < -0.3 is 25.8 Å². The van der Waals surface area contributed by atoms with Gasteiger partial charge in [0.2, 0.25) is 5.95 Å². The van der Waals surface area contributed by atoms with Crippen molar-refractivity contribution < 1.29 is 23.0 Å². The second-order valence-electron chi connectivity index (χ2n) is 11.3. The van der Waals surface area contributed by atoms with Crippen LogP contribution in [0.4, 0.5) is 24.9 Å². The van der Waals surface area contributed by atoms with Crippen molar-refractivity contribution >= 4 is 11.8 Å². The first kappa shape index (κ1) is 27.5.